The lowest BCUT2D eigenvalue weighted by Crippen LogP contribution is -1.98. The smallest absolute Gasteiger partial charge is 0.328 e. The van der Waals surface area contributed by atoms with E-state index in [-0.39, 0.29) is 11.7 Å². The number of phenolic OH excluding ortho intramolecular Hbond substituents is 1. The van der Waals surface area contributed by atoms with Crippen molar-refractivity contribution < 1.29 is 19.7 Å². The first-order valence-electron chi connectivity index (χ1n) is 10.5. The zero-order chi connectivity index (χ0) is 22.7. The van der Waals surface area contributed by atoms with Gasteiger partial charge in [-0.25, -0.2) is 4.79 Å². The molecule has 0 saturated heterocycles. The standard InChI is InChI=1S/C28H24O4/c1-18(2)25-17-21-16-22(29)11-14-24(21)28(27(25)20-6-4-3-5-7-20)32-23-12-8-19(9-13-23)10-15-26(30)31/h3-18,29H,1-2H3,(H,30,31)/b15-10+. The van der Waals surface area contributed by atoms with E-state index >= 15 is 0 Å². The second kappa shape index (κ2) is 8.98. The molecule has 0 aliphatic carbocycles. The average molecular weight is 424 g/mol. The molecule has 0 unspecified atom stereocenters. The van der Waals surface area contributed by atoms with Crippen LogP contribution in [0.15, 0.2) is 84.9 Å². The highest BCUT2D eigenvalue weighted by atomic mass is 16.5. The molecule has 4 rings (SSSR count). The van der Waals surface area contributed by atoms with Crippen LogP contribution in [-0.4, -0.2) is 16.2 Å². The van der Waals surface area contributed by atoms with Crippen LogP contribution in [0, 0.1) is 0 Å². The van der Waals surface area contributed by atoms with Gasteiger partial charge < -0.3 is 14.9 Å². The van der Waals surface area contributed by atoms with E-state index in [9.17, 15) is 9.90 Å². The van der Waals surface area contributed by atoms with Crippen LogP contribution in [0.2, 0.25) is 0 Å². The molecule has 0 amide bonds. The molecule has 0 radical (unpaired) electrons. The lowest BCUT2D eigenvalue weighted by atomic mass is 9.88. The molecule has 0 fully saturated rings. The first kappa shape index (κ1) is 21.2. The number of phenols is 1. The summed E-state index contributed by atoms with van der Waals surface area (Å²) in [6, 6.07) is 24.8. The number of aliphatic carboxylic acids is 1. The van der Waals surface area contributed by atoms with Crippen molar-refractivity contribution in [1.82, 2.24) is 0 Å². The van der Waals surface area contributed by atoms with Crippen molar-refractivity contribution in [2.45, 2.75) is 19.8 Å². The first-order valence-corrected chi connectivity index (χ1v) is 10.5. The fourth-order valence-electron chi connectivity index (χ4n) is 3.78. The average Bonchev–Trinajstić information content (AvgIpc) is 2.78. The lowest BCUT2D eigenvalue weighted by Gasteiger charge is -2.21. The minimum Gasteiger partial charge on any atom is -0.508 e. The van der Waals surface area contributed by atoms with Gasteiger partial charge in [-0.3, -0.25) is 0 Å². The summed E-state index contributed by atoms with van der Waals surface area (Å²) in [7, 11) is 0. The van der Waals surface area contributed by atoms with E-state index in [4.69, 9.17) is 9.84 Å². The predicted octanol–water partition coefficient (Wildman–Crippen LogP) is 7.23. The van der Waals surface area contributed by atoms with Gasteiger partial charge in [-0.1, -0.05) is 56.3 Å². The molecule has 160 valence electrons. The van der Waals surface area contributed by atoms with E-state index in [1.165, 1.54) is 0 Å². The molecule has 0 saturated carbocycles. The molecular weight excluding hydrogens is 400 g/mol. The Morgan fingerprint density at radius 2 is 1.66 bits per heavy atom. The predicted molar refractivity (Wildman–Crippen MR) is 128 cm³/mol. The highest BCUT2D eigenvalue weighted by Gasteiger charge is 2.19. The summed E-state index contributed by atoms with van der Waals surface area (Å²) < 4.78 is 6.47. The van der Waals surface area contributed by atoms with Gasteiger partial charge in [-0.15, -0.1) is 0 Å². The first-order chi connectivity index (χ1) is 15.4. The molecule has 2 N–H and O–H groups in total. The van der Waals surface area contributed by atoms with Gasteiger partial charge in [-0.05, 0) is 70.5 Å². The third kappa shape index (κ3) is 4.49. The van der Waals surface area contributed by atoms with Crippen LogP contribution in [0.4, 0.5) is 0 Å². The number of aromatic hydroxyl groups is 1. The Kier molecular flexibility index (Phi) is 5.95. The van der Waals surface area contributed by atoms with Crippen LogP contribution < -0.4 is 4.74 Å². The van der Waals surface area contributed by atoms with E-state index < -0.39 is 5.97 Å². The summed E-state index contributed by atoms with van der Waals surface area (Å²) in [5.41, 5.74) is 3.98. The molecule has 0 heterocycles. The molecule has 0 aliphatic rings. The topological polar surface area (TPSA) is 66.8 Å². The Bertz CT molecular complexity index is 1290. The van der Waals surface area contributed by atoms with Crippen molar-refractivity contribution in [3.8, 4) is 28.4 Å². The maximum Gasteiger partial charge on any atom is 0.328 e. The summed E-state index contributed by atoms with van der Waals surface area (Å²) in [5, 5.41) is 20.7. The van der Waals surface area contributed by atoms with Gasteiger partial charge in [0, 0.05) is 17.0 Å². The van der Waals surface area contributed by atoms with Crippen molar-refractivity contribution >= 4 is 22.8 Å². The maximum atomic E-state index is 10.8. The Hall–Kier alpha value is -4.05. The van der Waals surface area contributed by atoms with Crippen LogP contribution in [0.1, 0.15) is 30.9 Å². The highest BCUT2D eigenvalue weighted by Crippen LogP contribution is 2.45. The summed E-state index contributed by atoms with van der Waals surface area (Å²) in [6.07, 6.45) is 2.65. The van der Waals surface area contributed by atoms with E-state index in [0.717, 1.165) is 44.9 Å². The zero-order valence-electron chi connectivity index (χ0n) is 17.9. The maximum absolute atomic E-state index is 10.8. The summed E-state index contributed by atoms with van der Waals surface area (Å²) in [5.74, 6) is 0.831. The number of hydrogen-bond acceptors (Lipinski definition) is 3. The molecule has 32 heavy (non-hydrogen) atoms. The quantitative estimate of drug-likeness (QED) is 0.321. The van der Waals surface area contributed by atoms with Crippen LogP contribution in [-0.2, 0) is 4.79 Å². The molecule has 4 nitrogen and oxygen atoms in total. The molecule has 0 spiro atoms. The van der Waals surface area contributed by atoms with Gasteiger partial charge in [-0.2, -0.15) is 0 Å². The fourth-order valence-corrected chi connectivity index (χ4v) is 3.78. The number of carbonyl (C=O) groups is 1. The molecule has 4 aromatic rings. The largest absolute Gasteiger partial charge is 0.508 e. The molecule has 4 heteroatoms. The minimum atomic E-state index is -0.988. The van der Waals surface area contributed by atoms with E-state index in [0.29, 0.717) is 5.75 Å². The molecule has 0 bridgehead atoms. The number of carboxylic acids is 1. The Morgan fingerprint density at radius 1 is 0.938 bits per heavy atom. The highest BCUT2D eigenvalue weighted by molar-refractivity contribution is 5.98. The zero-order valence-corrected chi connectivity index (χ0v) is 17.9. The Balaban J connectivity index is 1.89. The van der Waals surface area contributed by atoms with Crippen molar-refractivity contribution in [3.05, 3.63) is 96.1 Å². The van der Waals surface area contributed by atoms with E-state index in [2.05, 4.69) is 32.0 Å². The van der Waals surface area contributed by atoms with Gasteiger partial charge in [0.25, 0.3) is 0 Å². The molecule has 0 aromatic heterocycles. The van der Waals surface area contributed by atoms with Crippen molar-refractivity contribution in [2.75, 3.05) is 0 Å². The van der Waals surface area contributed by atoms with E-state index in [1.807, 2.05) is 48.5 Å². The number of hydrogen-bond donors (Lipinski definition) is 2. The van der Waals surface area contributed by atoms with Gasteiger partial charge >= 0.3 is 5.97 Å². The molecule has 0 atom stereocenters. The minimum absolute atomic E-state index is 0.209. The Morgan fingerprint density at radius 3 is 2.31 bits per heavy atom. The monoisotopic (exact) mass is 424 g/mol. The Labute approximate surface area is 187 Å². The van der Waals surface area contributed by atoms with Gasteiger partial charge in [0.15, 0.2) is 0 Å². The number of benzene rings is 4. The van der Waals surface area contributed by atoms with Gasteiger partial charge in [0.05, 0.1) is 0 Å². The van der Waals surface area contributed by atoms with Crippen molar-refractivity contribution in [3.63, 3.8) is 0 Å². The second-order valence-electron chi connectivity index (χ2n) is 7.94. The lowest BCUT2D eigenvalue weighted by molar-refractivity contribution is -0.131. The van der Waals surface area contributed by atoms with Gasteiger partial charge in [0.2, 0.25) is 0 Å². The van der Waals surface area contributed by atoms with Crippen LogP contribution in [0.25, 0.3) is 28.0 Å². The van der Waals surface area contributed by atoms with Crippen LogP contribution in [0.5, 0.6) is 17.2 Å². The summed E-state index contributed by atoms with van der Waals surface area (Å²) >= 11 is 0. The molecule has 0 aliphatic heterocycles. The third-order valence-corrected chi connectivity index (χ3v) is 5.31. The van der Waals surface area contributed by atoms with Crippen LogP contribution >= 0.6 is 0 Å². The number of carboxylic acid groups (broad SMARTS) is 1. The molecule has 4 aromatic carbocycles. The van der Waals surface area contributed by atoms with Crippen molar-refractivity contribution in [1.29, 1.82) is 0 Å². The normalized spacial score (nSPS) is 11.3. The SMILES string of the molecule is CC(C)c1cc2cc(O)ccc2c(Oc2ccc(/C=C/C(=O)O)cc2)c1-c1ccccc1. The number of ether oxygens (including phenoxy) is 1. The fraction of sp³-hybridized carbons (Fsp3) is 0.107. The number of fused-ring (bicyclic) bond motifs is 1. The summed E-state index contributed by atoms with van der Waals surface area (Å²) in [4.78, 5) is 10.8. The van der Waals surface area contributed by atoms with Crippen LogP contribution in [0.3, 0.4) is 0 Å². The summed E-state index contributed by atoms with van der Waals surface area (Å²) in [6.45, 7) is 4.29. The third-order valence-electron chi connectivity index (χ3n) is 5.31. The van der Waals surface area contributed by atoms with E-state index in [1.54, 1.807) is 18.2 Å². The molecular formula is C28H24O4. The van der Waals surface area contributed by atoms with Crippen molar-refractivity contribution in [2.24, 2.45) is 0 Å². The second-order valence-corrected chi connectivity index (χ2v) is 7.94. The van der Waals surface area contributed by atoms with Gasteiger partial charge in [0.1, 0.15) is 17.2 Å². The number of rotatable bonds is 6.